The number of carbonyl (C=O) groups is 2. The summed E-state index contributed by atoms with van der Waals surface area (Å²) in [4.78, 5) is 23.5. The fourth-order valence-corrected chi connectivity index (χ4v) is 2.10. The average Bonchev–Trinajstić information content (AvgIpc) is 2.61. The predicted molar refractivity (Wildman–Crippen MR) is 84.0 cm³/mol. The SMILES string of the molecule is COC(=O)C(C(=O)OC)c1ccc(OCc2ccccc2)cc1. The Balaban J connectivity index is 2.08. The molecule has 0 heterocycles. The van der Waals surface area contributed by atoms with Gasteiger partial charge in [0.25, 0.3) is 0 Å². The van der Waals surface area contributed by atoms with E-state index in [1.54, 1.807) is 24.3 Å². The lowest BCUT2D eigenvalue weighted by atomic mass is 9.99. The molecule has 0 aliphatic carbocycles. The molecule has 2 rings (SSSR count). The number of benzene rings is 2. The summed E-state index contributed by atoms with van der Waals surface area (Å²) in [5.74, 6) is -1.76. The van der Waals surface area contributed by atoms with Crippen LogP contribution in [0.2, 0.25) is 0 Å². The van der Waals surface area contributed by atoms with Crippen LogP contribution in [0.25, 0.3) is 0 Å². The number of methoxy groups -OCH3 is 2. The molecule has 0 N–H and O–H groups in total. The molecule has 0 saturated heterocycles. The molecule has 0 bridgehead atoms. The smallest absolute Gasteiger partial charge is 0.324 e. The maximum absolute atomic E-state index is 11.8. The number of hydrogen-bond donors (Lipinski definition) is 0. The molecule has 2 aromatic carbocycles. The number of esters is 2. The van der Waals surface area contributed by atoms with E-state index < -0.39 is 17.9 Å². The van der Waals surface area contributed by atoms with Crippen LogP contribution in [0, 0.1) is 0 Å². The Hall–Kier alpha value is -2.82. The van der Waals surface area contributed by atoms with Crippen LogP contribution in [0.5, 0.6) is 5.75 Å². The van der Waals surface area contributed by atoms with Gasteiger partial charge in [0.1, 0.15) is 12.4 Å². The second-order valence-electron chi connectivity index (χ2n) is 4.82. The molecule has 0 radical (unpaired) electrons. The van der Waals surface area contributed by atoms with Crippen molar-refractivity contribution in [2.75, 3.05) is 14.2 Å². The number of carbonyl (C=O) groups excluding carboxylic acids is 2. The summed E-state index contributed by atoms with van der Waals surface area (Å²) in [7, 11) is 2.46. The zero-order valence-corrected chi connectivity index (χ0v) is 13.0. The van der Waals surface area contributed by atoms with Crippen LogP contribution >= 0.6 is 0 Å². The summed E-state index contributed by atoms with van der Waals surface area (Å²) in [6.07, 6.45) is 0. The molecule has 2 aromatic rings. The molecule has 0 fully saturated rings. The molecule has 0 spiro atoms. The molecule has 5 nitrogen and oxygen atoms in total. The molecule has 0 atom stereocenters. The van der Waals surface area contributed by atoms with Crippen molar-refractivity contribution >= 4 is 11.9 Å². The Morgan fingerprint density at radius 1 is 0.870 bits per heavy atom. The second kappa shape index (κ2) is 7.98. The Labute approximate surface area is 134 Å². The van der Waals surface area contributed by atoms with Crippen molar-refractivity contribution < 1.29 is 23.8 Å². The molecule has 5 heteroatoms. The van der Waals surface area contributed by atoms with E-state index in [-0.39, 0.29) is 0 Å². The third-order valence-electron chi connectivity index (χ3n) is 3.34. The molecular weight excluding hydrogens is 296 g/mol. The summed E-state index contributed by atoms with van der Waals surface area (Å²) in [6.45, 7) is 0.442. The first-order valence-corrected chi connectivity index (χ1v) is 7.08. The van der Waals surface area contributed by atoms with E-state index in [1.165, 1.54) is 14.2 Å². The predicted octanol–water partition coefficient (Wildman–Crippen LogP) is 2.70. The average molecular weight is 314 g/mol. The maximum atomic E-state index is 11.8. The molecule has 0 unspecified atom stereocenters. The fourth-order valence-electron chi connectivity index (χ4n) is 2.10. The number of rotatable bonds is 6. The quantitative estimate of drug-likeness (QED) is 0.606. The van der Waals surface area contributed by atoms with Crippen molar-refractivity contribution in [3.63, 3.8) is 0 Å². The van der Waals surface area contributed by atoms with Crippen LogP contribution in [0.3, 0.4) is 0 Å². The molecule has 0 aromatic heterocycles. The van der Waals surface area contributed by atoms with Gasteiger partial charge in [0, 0.05) is 0 Å². The highest BCUT2D eigenvalue weighted by molar-refractivity contribution is 6.00. The molecule has 120 valence electrons. The highest BCUT2D eigenvalue weighted by Crippen LogP contribution is 2.22. The maximum Gasteiger partial charge on any atom is 0.324 e. The van der Waals surface area contributed by atoms with Crippen molar-refractivity contribution in [3.8, 4) is 5.75 Å². The van der Waals surface area contributed by atoms with Crippen LogP contribution in [0.4, 0.5) is 0 Å². The third-order valence-corrected chi connectivity index (χ3v) is 3.34. The van der Waals surface area contributed by atoms with Crippen molar-refractivity contribution in [1.82, 2.24) is 0 Å². The van der Waals surface area contributed by atoms with Gasteiger partial charge in [-0.3, -0.25) is 9.59 Å². The Bertz CT molecular complexity index is 633. The summed E-state index contributed by atoms with van der Waals surface area (Å²) in [5.41, 5.74) is 1.55. The first kappa shape index (κ1) is 16.5. The molecule has 0 saturated carbocycles. The zero-order chi connectivity index (χ0) is 16.7. The Morgan fingerprint density at radius 3 is 1.96 bits per heavy atom. The summed E-state index contributed by atoms with van der Waals surface area (Å²) >= 11 is 0. The van der Waals surface area contributed by atoms with Gasteiger partial charge in [0.05, 0.1) is 14.2 Å². The first-order chi connectivity index (χ1) is 11.2. The van der Waals surface area contributed by atoms with Gasteiger partial charge in [-0.2, -0.15) is 0 Å². The number of hydrogen-bond acceptors (Lipinski definition) is 5. The summed E-state index contributed by atoms with van der Waals surface area (Å²) in [6, 6.07) is 16.5. The van der Waals surface area contributed by atoms with E-state index in [0.29, 0.717) is 17.9 Å². The van der Waals surface area contributed by atoms with Gasteiger partial charge >= 0.3 is 11.9 Å². The minimum absolute atomic E-state index is 0.442. The highest BCUT2D eigenvalue weighted by atomic mass is 16.5. The van der Waals surface area contributed by atoms with E-state index in [9.17, 15) is 9.59 Å². The van der Waals surface area contributed by atoms with E-state index in [0.717, 1.165) is 5.56 Å². The van der Waals surface area contributed by atoms with Crippen molar-refractivity contribution in [2.24, 2.45) is 0 Å². The van der Waals surface area contributed by atoms with Crippen molar-refractivity contribution in [3.05, 3.63) is 65.7 Å². The molecule has 0 aliphatic heterocycles. The van der Waals surface area contributed by atoms with Crippen LogP contribution in [-0.4, -0.2) is 26.2 Å². The van der Waals surface area contributed by atoms with Gasteiger partial charge in [-0.25, -0.2) is 0 Å². The minimum Gasteiger partial charge on any atom is -0.489 e. The van der Waals surface area contributed by atoms with Crippen LogP contribution in [0.15, 0.2) is 54.6 Å². The van der Waals surface area contributed by atoms with E-state index >= 15 is 0 Å². The lowest BCUT2D eigenvalue weighted by Gasteiger charge is -2.13. The topological polar surface area (TPSA) is 61.8 Å². The van der Waals surface area contributed by atoms with Gasteiger partial charge in [0.15, 0.2) is 5.92 Å². The summed E-state index contributed by atoms with van der Waals surface area (Å²) < 4.78 is 15.0. The van der Waals surface area contributed by atoms with Crippen LogP contribution in [0.1, 0.15) is 17.0 Å². The lowest BCUT2D eigenvalue weighted by molar-refractivity contribution is -0.154. The highest BCUT2D eigenvalue weighted by Gasteiger charge is 2.30. The first-order valence-electron chi connectivity index (χ1n) is 7.08. The normalized spacial score (nSPS) is 10.2. The van der Waals surface area contributed by atoms with E-state index in [2.05, 4.69) is 9.47 Å². The van der Waals surface area contributed by atoms with Crippen LogP contribution < -0.4 is 4.74 Å². The number of ether oxygens (including phenoxy) is 3. The largest absolute Gasteiger partial charge is 0.489 e. The van der Waals surface area contributed by atoms with Crippen LogP contribution in [-0.2, 0) is 25.7 Å². The minimum atomic E-state index is -1.09. The standard InChI is InChI=1S/C18H18O5/c1-21-17(19)16(18(20)22-2)14-8-10-15(11-9-14)23-12-13-6-4-3-5-7-13/h3-11,16H,12H2,1-2H3. The Kier molecular flexibility index (Phi) is 5.74. The monoisotopic (exact) mass is 314 g/mol. The molecule has 23 heavy (non-hydrogen) atoms. The zero-order valence-electron chi connectivity index (χ0n) is 13.0. The van der Waals surface area contributed by atoms with Gasteiger partial charge in [-0.1, -0.05) is 42.5 Å². The van der Waals surface area contributed by atoms with Gasteiger partial charge in [-0.15, -0.1) is 0 Å². The Morgan fingerprint density at radius 2 is 1.43 bits per heavy atom. The van der Waals surface area contributed by atoms with Crippen molar-refractivity contribution in [2.45, 2.75) is 12.5 Å². The van der Waals surface area contributed by atoms with Gasteiger partial charge in [-0.05, 0) is 23.3 Å². The van der Waals surface area contributed by atoms with Crippen molar-refractivity contribution in [1.29, 1.82) is 0 Å². The van der Waals surface area contributed by atoms with E-state index in [1.807, 2.05) is 30.3 Å². The van der Waals surface area contributed by atoms with E-state index in [4.69, 9.17) is 4.74 Å². The third kappa shape index (κ3) is 4.32. The van der Waals surface area contributed by atoms with Gasteiger partial charge in [0.2, 0.25) is 0 Å². The second-order valence-corrected chi connectivity index (χ2v) is 4.82. The fraction of sp³-hybridized carbons (Fsp3) is 0.222. The summed E-state index contributed by atoms with van der Waals surface area (Å²) in [5, 5.41) is 0. The lowest BCUT2D eigenvalue weighted by Crippen LogP contribution is -2.24. The van der Waals surface area contributed by atoms with Gasteiger partial charge < -0.3 is 14.2 Å². The molecule has 0 aliphatic rings. The molecule has 0 amide bonds. The molecular formula is C18H18O5.